The molecule has 18 heavy (non-hydrogen) atoms. The molecule has 0 fully saturated rings. The Labute approximate surface area is 109 Å². The highest BCUT2D eigenvalue weighted by molar-refractivity contribution is 7.92. The molecule has 104 valence electrons. The van der Waals surface area contributed by atoms with E-state index in [4.69, 9.17) is 0 Å². The lowest BCUT2D eigenvalue weighted by Gasteiger charge is -2.07. The summed E-state index contributed by atoms with van der Waals surface area (Å²) in [5.41, 5.74) is 1.24. The van der Waals surface area contributed by atoms with Crippen LogP contribution in [0, 0.1) is 6.92 Å². The average molecular weight is 274 g/mol. The van der Waals surface area contributed by atoms with Crippen LogP contribution in [0.3, 0.4) is 0 Å². The van der Waals surface area contributed by atoms with Crippen molar-refractivity contribution < 1.29 is 8.42 Å². The summed E-state index contributed by atoms with van der Waals surface area (Å²) in [5, 5.41) is 7.27. The summed E-state index contributed by atoms with van der Waals surface area (Å²) < 4.78 is 27.8. The first kappa shape index (κ1) is 15.0. The molecule has 0 aromatic carbocycles. The first-order chi connectivity index (χ1) is 8.44. The summed E-state index contributed by atoms with van der Waals surface area (Å²) in [6, 6.07) is 0. The molecule has 1 heterocycles. The van der Waals surface area contributed by atoms with Crippen LogP contribution in [0.1, 0.15) is 25.5 Å². The van der Waals surface area contributed by atoms with E-state index in [0.717, 1.165) is 19.5 Å². The number of anilines is 1. The zero-order valence-electron chi connectivity index (χ0n) is 11.2. The van der Waals surface area contributed by atoms with Crippen LogP contribution < -0.4 is 10.0 Å². The molecule has 2 N–H and O–H groups in total. The summed E-state index contributed by atoms with van der Waals surface area (Å²) in [7, 11) is -1.51. The summed E-state index contributed by atoms with van der Waals surface area (Å²) in [6.45, 7) is 5.51. The second kappa shape index (κ2) is 6.75. The van der Waals surface area contributed by atoms with Gasteiger partial charge in [0.15, 0.2) is 0 Å². The van der Waals surface area contributed by atoms with Gasteiger partial charge in [-0.15, -0.1) is 0 Å². The molecule has 0 spiro atoms. The maximum atomic E-state index is 11.8. The van der Waals surface area contributed by atoms with Crippen LogP contribution in [0.25, 0.3) is 0 Å². The molecule has 0 saturated heterocycles. The third-order valence-corrected chi connectivity index (χ3v) is 3.83. The number of aromatic nitrogens is 2. The number of sulfonamides is 1. The van der Waals surface area contributed by atoms with Gasteiger partial charge in [0.05, 0.1) is 17.1 Å². The lowest BCUT2D eigenvalue weighted by molar-refractivity contribution is 0.593. The number of rotatable bonds is 8. The van der Waals surface area contributed by atoms with E-state index >= 15 is 0 Å². The van der Waals surface area contributed by atoms with Gasteiger partial charge in [-0.25, -0.2) is 8.42 Å². The molecule has 1 aromatic rings. The molecule has 7 heteroatoms. The van der Waals surface area contributed by atoms with Crippen molar-refractivity contribution in [2.45, 2.75) is 26.7 Å². The number of hydrogen-bond donors (Lipinski definition) is 2. The van der Waals surface area contributed by atoms with E-state index < -0.39 is 10.0 Å². The number of nitrogens with one attached hydrogen (secondary N) is 2. The van der Waals surface area contributed by atoms with Crippen molar-refractivity contribution in [1.29, 1.82) is 0 Å². The third kappa shape index (κ3) is 5.05. The molecule has 0 aliphatic rings. The molecule has 0 atom stereocenters. The third-order valence-electron chi connectivity index (χ3n) is 2.47. The zero-order chi connectivity index (χ0) is 13.6. The van der Waals surface area contributed by atoms with E-state index in [2.05, 4.69) is 22.1 Å². The summed E-state index contributed by atoms with van der Waals surface area (Å²) in [6.07, 6.45) is 3.33. The maximum absolute atomic E-state index is 11.8. The molecule has 1 rings (SSSR count). The van der Waals surface area contributed by atoms with Gasteiger partial charge in [0.25, 0.3) is 0 Å². The van der Waals surface area contributed by atoms with Crippen molar-refractivity contribution in [3.63, 3.8) is 0 Å². The van der Waals surface area contributed by atoms with Crippen LogP contribution in [0.2, 0.25) is 0 Å². The van der Waals surface area contributed by atoms with Gasteiger partial charge < -0.3 is 5.32 Å². The quantitative estimate of drug-likeness (QED) is 0.689. The smallest absolute Gasteiger partial charge is 0.232 e. The van der Waals surface area contributed by atoms with Gasteiger partial charge >= 0.3 is 0 Å². The average Bonchev–Trinajstić information content (AvgIpc) is 2.56. The molecular weight excluding hydrogens is 252 g/mol. The topological polar surface area (TPSA) is 76.0 Å². The lowest BCUT2D eigenvalue weighted by atomic mass is 10.4. The van der Waals surface area contributed by atoms with E-state index in [1.807, 2.05) is 0 Å². The Bertz CT molecular complexity index is 467. The Morgan fingerprint density at radius 2 is 2.11 bits per heavy atom. The zero-order valence-corrected chi connectivity index (χ0v) is 12.0. The van der Waals surface area contributed by atoms with Crippen LogP contribution in [0.15, 0.2) is 6.20 Å². The Balaban J connectivity index is 2.42. The summed E-state index contributed by atoms with van der Waals surface area (Å²) >= 11 is 0. The minimum atomic E-state index is -3.27. The van der Waals surface area contributed by atoms with E-state index in [-0.39, 0.29) is 5.75 Å². The highest BCUT2D eigenvalue weighted by Gasteiger charge is 2.13. The minimum Gasteiger partial charge on any atom is -0.317 e. The van der Waals surface area contributed by atoms with Gasteiger partial charge in [-0.3, -0.25) is 9.40 Å². The molecule has 0 unspecified atom stereocenters. The Morgan fingerprint density at radius 1 is 1.39 bits per heavy atom. The van der Waals surface area contributed by atoms with Crippen LogP contribution in [-0.4, -0.2) is 37.0 Å². The largest absolute Gasteiger partial charge is 0.317 e. The van der Waals surface area contributed by atoms with Gasteiger partial charge in [-0.2, -0.15) is 5.10 Å². The maximum Gasteiger partial charge on any atom is 0.232 e. The first-order valence-corrected chi connectivity index (χ1v) is 7.81. The number of hydrogen-bond acceptors (Lipinski definition) is 4. The highest BCUT2D eigenvalue weighted by atomic mass is 32.2. The minimum absolute atomic E-state index is 0.123. The van der Waals surface area contributed by atoms with Gasteiger partial charge in [0.2, 0.25) is 10.0 Å². The molecular formula is C11H22N4O2S. The first-order valence-electron chi connectivity index (χ1n) is 6.16. The second-order valence-electron chi connectivity index (χ2n) is 4.33. The summed E-state index contributed by atoms with van der Waals surface area (Å²) in [5.74, 6) is 0.123. The molecule has 6 nitrogen and oxygen atoms in total. The summed E-state index contributed by atoms with van der Waals surface area (Å²) in [4.78, 5) is 0. The molecule has 0 bridgehead atoms. The fourth-order valence-corrected chi connectivity index (χ4v) is 2.77. The predicted molar refractivity (Wildman–Crippen MR) is 73.1 cm³/mol. The van der Waals surface area contributed by atoms with E-state index in [1.165, 1.54) is 0 Å². The van der Waals surface area contributed by atoms with Crippen LogP contribution in [-0.2, 0) is 17.1 Å². The van der Waals surface area contributed by atoms with Gasteiger partial charge in [-0.05, 0) is 32.9 Å². The number of aryl methyl sites for hydroxylation is 2. The van der Waals surface area contributed by atoms with Gasteiger partial charge in [0, 0.05) is 13.2 Å². The molecule has 0 saturated carbocycles. The monoisotopic (exact) mass is 274 g/mol. The van der Waals surface area contributed by atoms with E-state index in [1.54, 1.807) is 24.9 Å². The van der Waals surface area contributed by atoms with Crippen LogP contribution >= 0.6 is 0 Å². The van der Waals surface area contributed by atoms with Crippen molar-refractivity contribution in [2.24, 2.45) is 7.05 Å². The number of nitrogens with zero attached hydrogens (tertiary/aromatic N) is 2. The van der Waals surface area contributed by atoms with Crippen molar-refractivity contribution in [3.05, 3.63) is 11.9 Å². The molecule has 0 aliphatic heterocycles. The molecule has 0 radical (unpaired) electrons. The standard InChI is InChI=1S/C11H22N4O2S/c1-4-6-12-7-5-8-18(16,17)14-11-9-15(3)13-10(11)2/h9,12,14H,4-8H2,1-3H3. The van der Waals surface area contributed by atoms with E-state index in [9.17, 15) is 8.42 Å². The van der Waals surface area contributed by atoms with E-state index in [0.29, 0.717) is 17.8 Å². The van der Waals surface area contributed by atoms with Crippen molar-refractivity contribution in [2.75, 3.05) is 23.6 Å². The predicted octanol–water partition coefficient (Wildman–Crippen LogP) is 0.860. The Kier molecular flexibility index (Phi) is 5.61. The Morgan fingerprint density at radius 3 is 2.67 bits per heavy atom. The molecule has 0 aliphatic carbocycles. The lowest BCUT2D eigenvalue weighted by Crippen LogP contribution is -2.22. The van der Waals surface area contributed by atoms with Crippen LogP contribution in [0.4, 0.5) is 5.69 Å². The second-order valence-corrected chi connectivity index (χ2v) is 6.17. The van der Waals surface area contributed by atoms with Gasteiger partial charge in [-0.1, -0.05) is 6.92 Å². The van der Waals surface area contributed by atoms with Crippen molar-refractivity contribution in [1.82, 2.24) is 15.1 Å². The SMILES string of the molecule is CCCNCCCS(=O)(=O)Nc1cn(C)nc1C. The Hall–Kier alpha value is -1.08. The van der Waals surface area contributed by atoms with Crippen molar-refractivity contribution >= 4 is 15.7 Å². The molecule has 0 amide bonds. The van der Waals surface area contributed by atoms with Gasteiger partial charge in [0.1, 0.15) is 0 Å². The normalized spacial score (nSPS) is 11.7. The fourth-order valence-electron chi connectivity index (χ4n) is 1.61. The van der Waals surface area contributed by atoms with Crippen LogP contribution in [0.5, 0.6) is 0 Å². The highest BCUT2D eigenvalue weighted by Crippen LogP contribution is 2.13. The fraction of sp³-hybridized carbons (Fsp3) is 0.727. The van der Waals surface area contributed by atoms with Crippen molar-refractivity contribution in [3.8, 4) is 0 Å². The molecule has 1 aromatic heterocycles.